The standard InChI is InChI=1S/C24H26Cl3N3O2/c1-13-5-19(26)23(20(27)6-13)24(32)30-11-16-9-29(10-17(16)12-30)21(8-22(28)31)15-4-3-14(2)18(25)7-15/h3-7,16-17,21H,8-12H2,1-2H3,(H2,28,31). The fraction of sp³-hybridized carbons (Fsp3) is 0.417. The molecule has 2 saturated heterocycles. The van der Waals surface area contributed by atoms with Gasteiger partial charge in [0.25, 0.3) is 5.91 Å². The second kappa shape index (κ2) is 9.22. The molecule has 2 aromatic rings. The molecule has 2 fully saturated rings. The molecule has 2 amide bonds. The molecule has 2 N–H and O–H groups in total. The van der Waals surface area contributed by atoms with Gasteiger partial charge in [0.1, 0.15) is 0 Å². The van der Waals surface area contributed by atoms with Crippen molar-refractivity contribution in [2.45, 2.75) is 26.3 Å². The third-order valence-electron chi connectivity index (χ3n) is 6.62. The molecule has 3 unspecified atom stereocenters. The topological polar surface area (TPSA) is 66.6 Å². The van der Waals surface area contributed by atoms with Gasteiger partial charge < -0.3 is 10.6 Å². The lowest BCUT2D eigenvalue weighted by Gasteiger charge is -2.29. The van der Waals surface area contributed by atoms with E-state index in [1.165, 1.54) is 0 Å². The first-order valence-electron chi connectivity index (χ1n) is 10.7. The maximum atomic E-state index is 13.2. The van der Waals surface area contributed by atoms with Gasteiger partial charge in [-0.05, 0) is 60.6 Å². The van der Waals surface area contributed by atoms with Crippen LogP contribution in [-0.4, -0.2) is 47.8 Å². The Morgan fingerprint density at radius 1 is 0.969 bits per heavy atom. The van der Waals surface area contributed by atoms with Gasteiger partial charge in [0.15, 0.2) is 0 Å². The monoisotopic (exact) mass is 493 g/mol. The predicted molar refractivity (Wildman–Crippen MR) is 128 cm³/mol. The third kappa shape index (κ3) is 4.62. The largest absolute Gasteiger partial charge is 0.370 e. The Labute approximate surface area is 203 Å². The zero-order chi connectivity index (χ0) is 23.2. The van der Waals surface area contributed by atoms with Crippen molar-refractivity contribution < 1.29 is 9.59 Å². The van der Waals surface area contributed by atoms with Crippen molar-refractivity contribution in [3.05, 3.63) is 67.7 Å². The molecule has 2 aliphatic rings. The molecule has 0 saturated carbocycles. The Hall–Kier alpha value is -1.79. The Kier molecular flexibility index (Phi) is 6.73. The van der Waals surface area contributed by atoms with Gasteiger partial charge in [-0.25, -0.2) is 0 Å². The zero-order valence-corrected chi connectivity index (χ0v) is 20.3. The van der Waals surface area contributed by atoms with E-state index in [-0.39, 0.29) is 24.3 Å². The quantitative estimate of drug-likeness (QED) is 0.644. The highest BCUT2D eigenvalue weighted by molar-refractivity contribution is 6.39. The van der Waals surface area contributed by atoms with E-state index in [1.54, 1.807) is 12.1 Å². The number of benzene rings is 2. The first-order chi connectivity index (χ1) is 15.1. The summed E-state index contributed by atoms with van der Waals surface area (Å²) in [4.78, 5) is 29.1. The van der Waals surface area contributed by atoms with Crippen LogP contribution < -0.4 is 5.73 Å². The fourth-order valence-corrected chi connectivity index (χ4v) is 5.92. The number of hydrogen-bond donors (Lipinski definition) is 1. The molecule has 0 spiro atoms. The number of nitrogens with two attached hydrogens (primary N) is 1. The molecule has 2 aromatic carbocycles. The van der Waals surface area contributed by atoms with Crippen LogP contribution in [0.3, 0.4) is 0 Å². The number of nitrogens with zero attached hydrogens (tertiary/aromatic N) is 2. The van der Waals surface area contributed by atoms with Gasteiger partial charge in [-0.1, -0.05) is 46.9 Å². The average molecular weight is 495 g/mol. The van der Waals surface area contributed by atoms with Crippen molar-refractivity contribution in [1.82, 2.24) is 9.80 Å². The lowest BCUT2D eigenvalue weighted by molar-refractivity contribution is -0.119. The van der Waals surface area contributed by atoms with Gasteiger partial charge in [0.05, 0.1) is 15.6 Å². The van der Waals surface area contributed by atoms with Crippen LogP contribution in [0.15, 0.2) is 30.3 Å². The smallest absolute Gasteiger partial charge is 0.256 e. The molecule has 0 radical (unpaired) electrons. The zero-order valence-electron chi connectivity index (χ0n) is 18.1. The second-order valence-electron chi connectivity index (χ2n) is 8.98. The fourth-order valence-electron chi connectivity index (χ4n) is 4.98. The Balaban J connectivity index is 1.49. The normalized spacial score (nSPS) is 21.6. The molecular formula is C24H26Cl3N3O2. The van der Waals surface area contributed by atoms with Crippen LogP contribution in [0.1, 0.15) is 39.5 Å². The van der Waals surface area contributed by atoms with Crippen LogP contribution in [-0.2, 0) is 4.79 Å². The van der Waals surface area contributed by atoms with Gasteiger partial charge in [0.2, 0.25) is 5.91 Å². The minimum Gasteiger partial charge on any atom is -0.370 e. The van der Waals surface area contributed by atoms with Gasteiger partial charge in [-0.15, -0.1) is 0 Å². The molecule has 4 rings (SSSR count). The number of carbonyl (C=O) groups excluding carboxylic acids is 2. The summed E-state index contributed by atoms with van der Waals surface area (Å²) in [6.45, 7) is 6.69. The van der Waals surface area contributed by atoms with Gasteiger partial charge in [-0.3, -0.25) is 14.5 Å². The highest BCUT2D eigenvalue weighted by Gasteiger charge is 2.44. The summed E-state index contributed by atoms with van der Waals surface area (Å²) in [5.74, 6) is 0.167. The summed E-state index contributed by atoms with van der Waals surface area (Å²) in [6, 6.07) is 9.32. The van der Waals surface area contributed by atoms with Crippen molar-refractivity contribution in [2.75, 3.05) is 26.2 Å². The molecular weight excluding hydrogens is 469 g/mol. The van der Waals surface area contributed by atoms with Crippen molar-refractivity contribution in [2.24, 2.45) is 17.6 Å². The maximum Gasteiger partial charge on any atom is 0.256 e. The lowest BCUT2D eigenvalue weighted by atomic mass is 10.0. The van der Waals surface area contributed by atoms with Crippen LogP contribution >= 0.6 is 34.8 Å². The molecule has 0 aromatic heterocycles. The number of fused-ring (bicyclic) bond motifs is 1. The number of likely N-dealkylation sites (tertiary alicyclic amines) is 2. The number of aryl methyl sites for hydroxylation is 2. The molecule has 2 heterocycles. The van der Waals surface area contributed by atoms with Crippen molar-refractivity contribution >= 4 is 46.6 Å². The molecule has 0 aliphatic carbocycles. The van der Waals surface area contributed by atoms with E-state index < -0.39 is 0 Å². The summed E-state index contributed by atoms with van der Waals surface area (Å²) < 4.78 is 0. The minimum absolute atomic E-state index is 0.124. The van der Waals surface area contributed by atoms with Crippen molar-refractivity contribution in [3.63, 3.8) is 0 Å². The van der Waals surface area contributed by atoms with Crippen molar-refractivity contribution in [1.29, 1.82) is 0 Å². The average Bonchev–Trinajstić information content (AvgIpc) is 3.26. The Bertz CT molecular complexity index is 1040. The summed E-state index contributed by atoms with van der Waals surface area (Å²) >= 11 is 19.0. The molecule has 5 nitrogen and oxygen atoms in total. The van der Waals surface area contributed by atoms with E-state index in [1.807, 2.05) is 36.9 Å². The van der Waals surface area contributed by atoms with E-state index >= 15 is 0 Å². The van der Waals surface area contributed by atoms with Crippen molar-refractivity contribution in [3.8, 4) is 0 Å². The molecule has 2 aliphatic heterocycles. The van der Waals surface area contributed by atoms with Gasteiger partial charge in [0, 0.05) is 43.7 Å². The summed E-state index contributed by atoms with van der Waals surface area (Å²) in [7, 11) is 0. The second-order valence-corrected chi connectivity index (χ2v) is 10.2. The number of amides is 2. The van der Waals surface area contributed by atoms with E-state index in [9.17, 15) is 9.59 Å². The predicted octanol–water partition coefficient (Wildman–Crippen LogP) is 4.88. The van der Waals surface area contributed by atoms with Crippen LogP contribution in [0.2, 0.25) is 15.1 Å². The number of rotatable bonds is 5. The molecule has 32 heavy (non-hydrogen) atoms. The summed E-state index contributed by atoms with van der Waals surface area (Å²) in [5.41, 5.74) is 8.85. The minimum atomic E-state index is -0.343. The van der Waals surface area contributed by atoms with E-state index in [0.29, 0.717) is 45.6 Å². The molecule has 3 atom stereocenters. The van der Waals surface area contributed by atoms with Crippen LogP contribution in [0.5, 0.6) is 0 Å². The SMILES string of the molecule is Cc1cc(Cl)c(C(=O)N2CC3CN(C(CC(N)=O)c4ccc(C)c(Cl)c4)CC3C2)c(Cl)c1. The molecule has 8 heteroatoms. The Morgan fingerprint density at radius 3 is 2.09 bits per heavy atom. The maximum absolute atomic E-state index is 13.2. The molecule has 0 bridgehead atoms. The number of primary amides is 1. The molecule has 170 valence electrons. The van der Waals surface area contributed by atoms with E-state index in [0.717, 1.165) is 29.8 Å². The van der Waals surface area contributed by atoms with Crippen LogP contribution in [0, 0.1) is 25.7 Å². The van der Waals surface area contributed by atoms with Gasteiger partial charge >= 0.3 is 0 Å². The van der Waals surface area contributed by atoms with Crippen LogP contribution in [0.4, 0.5) is 0 Å². The highest BCUT2D eigenvalue weighted by Crippen LogP contribution is 2.39. The van der Waals surface area contributed by atoms with E-state index in [4.69, 9.17) is 40.5 Å². The summed E-state index contributed by atoms with van der Waals surface area (Å²) in [5, 5.41) is 1.45. The first kappa shape index (κ1) is 23.4. The third-order valence-corrected chi connectivity index (χ3v) is 7.62. The number of carbonyl (C=O) groups is 2. The van der Waals surface area contributed by atoms with Gasteiger partial charge in [-0.2, -0.15) is 0 Å². The highest BCUT2D eigenvalue weighted by atomic mass is 35.5. The van der Waals surface area contributed by atoms with Crippen LogP contribution in [0.25, 0.3) is 0 Å². The number of hydrogen-bond acceptors (Lipinski definition) is 3. The summed E-state index contributed by atoms with van der Waals surface area (Å²) in [6.07, 6.45) is 0.232. The number of halogens is 3. The first-order valence-corrected chi connectivity index (χ1v) is 11.8. The van der Waals surface area contributed by atoms with E-state index in [2.05, 4.69) is 4.90 Å². The lowest BCUT2D eigenvalue weighted by Crippen LogP contribution is -2.36. The Morgan fingerprint density at radius 2 is 1.56 bits per heavy atom.